The molecule has 0 unspecified atom stereocenters. The van der Waals surface area contributed by atoms with E-state index in [1.807, 2.05) is 60.7 Å². The Morgan fingerprint density at radius 2 is 1.93 bits per heavy atom. The Bertz CT molecular complexity index is 1670. The zero-order valence-electron chi connectivity index (χ0n) is 25.8. The highest BCUT2D eigenvalue weighted by Crippen LogP contribution is 2.47. The van der Waals surface area contributed by atoms with Gasteiger partial charge in [-0.15, -0.1) is 0 Å². The Balaban J connectivity index is 1.17. The van der Waals surface area contributed by atoms with Crippen LogP contribution in [0.5, 0.6) is 0 Å². The largest absolute Gasteiger partial charge is 0.394 e. The number of rotatable bonds is 9. The molecule has 240 valence electrons. The predicted molar refractivity (Wildman–Crippen MR) is 180 cm³/mol. The molecule has 0 spiro atoms. The summed E-state index contributed by atoms with van der Waals surface area (Å²) in [6.45, 7) is 3.12. The van der Waals surface area contributed by atoms with Crippen molar-refractivity contribution in [1.82, 2.24) is 10.2 Å². The van der Waals surface area contributed by atoms with Crippen molar-refractivity contribution < 1.29 is 24.6 Å². The van der Waals surface area contributed by atoms with Gasteiger partial charge in [0.25, 0.3) is 5.91 Å². The first-order valence-corrected chi connectivity index (χ1v) is 16.6. The van der Waals surface area contributed by atoms with Crippen LogP contribution in [0.4, 0.5) is 11.4 Å². The van der Waals surface area contributed by atoms with Gasteiger partial charge in [0.05, 0.1) is 30.9 Å². The zero-order chi connectivity index (χ0) is 32.4. The van der Waals surface area contributed by atoms with E-state index in [0.29, 0.717) is 29.9 Å². The van der Waals surface area contributed by atoms with E-state index in [1.54, 1.807) is 34.9 Å². The molecule has 3 aliphatic rings. The lowest BCUT2D eigenvalue weighted by Gasteiger charge is -2.36. The lowest BCUT2D eigenvalue weighted by molar-refractivity contribution is -0.139. The van der Waals surface area contributed by atoms with Crippen LogP contribution in [-0.2, 0) is 39.5 Å². The van der Waals surface area contributed by atoms with E-state index in [4.69, 9.17) is 0 Å². The van der Waals surface area contributed by atoms with Crippen LogP contribution in [0.2, 0.25) is 0 Å². The summed E-state index contributed by atoms with van der Waals surface area (Å²) in [6.07, 6.45) is 5.88. The van der Waals surface area contributed by atoms with Crippen molar-refractivity contribution in [3.63, 3.8) is 0 Å². The molecule has 3 aromatic carbocycles. The average Bonchev–Trinajstić information content (AvgIpc) is 3.67. The molecule has 3 aliphatic heterocycles. The SMILES string of the molecule is C[C@@H](/C=C/CC(=O)N1Cc2ccccc2C[C@H]1CO)[C@]1(O)C(=O)N(Cc2cccc(NC(=O)[C@H]3CCCN3)c2)c2ccc(Br)cc21. The number of amides is 3. The molecule has 0 saturated carbocycles. The second-order valence-electron chi connectivity index (χ2n) is 12.4. The summed E-state index contributed by atoms with van der Waals surface area (Å²) < 4.78 is 0.733. The second kappa shape index (κ2) is 13.5. The Morgan fingerprint density at radius 3 is 2.70 bits per heavy atom. The summed E-state index contributed by atoms with van der Waals surface area (Å²) in [4.78, 5) is 43.3. The molecule has 0 bridgehead atoms. The number of benzene rings is 3. The van der Waals surface area contributed by atoms with E-state index >= 15 is 0 Å². The van der Waals surface area contributed by atoms with Gasteiger partial charge >= 0.3 is 0 Å². The van der Waals surface area contributed by atoms with Gasteiger partial charge in [0.1, 0.15) is 0 Å². The quantitative estimate of drug-likeness (QED) is 0.248. The van der Waals surface area contributed by atoms with Gasteiger partial charge in [-0.2, -0.15) is 0 Å². The summed E-state index contributed by atoms with van der Waals surface area (Å²) in [5.41, 5.74) is 2.91. The standard InChI is InChI=1S/C36H39BrN4O5/c1-23(7-4-13-33(43)40-21-26-10-3-2-9-25(26)18-29(40)22-42)36(46)30-19-27(37)14-15-32(30)41(35(36)45)20-24-8-5-11-28(17-24)39-34(44)31-12-6-16-38-31/h2-5,7-11,14-15,17,19,23,29,31,38,42,46H,6,12-13,16,18,20-22H2,1H3,(H,39,44)/b7-4+/t23-,29-,31+,36+/m0/s1. The Labute approximate surface area is 277 Å². The number of carbonyl (C=O) groups excluding carboxylic acids is 3. The number of hydrogen-bond donors (Lipinski definition) is 4. The smallest absolute Gasteiger partial charge is 0.264 e. The molecule has 0 aliphatic carbocycles. The van der Waals surface area contributed by atoms with Crippen LogP contribution in [0.25, 0.3) is 0 Å². The fourth-order valence-electron chi connectivity index (χ4n) is 6.82. The normalized spacial score (nSPS) is 23.0. The van der Waals surface area contributed by atoms with Crippen molar-refractivity contribution in [3.8, 4) is 0 Å². The van der Waals surface area contributed by atoms with E-state index in [1.165, 1.54) is 0 Å². The summed E-state index contributed by atoms with van der Waals surface area (Å²) >= 11 is 3.50. The molecule has 9 nitrogen and oxygen atoms in total. The molecule has 4 atom stereocenters. The predicted octanol–water partition coefficient (Wildman–Crippen LogP) is 4.40. The minimum atomic E-state index is -1.85. The molecular weight excluding hydrogens is 648 g/mol. The molecule has 4 N–H and O–H groups in total. The van der Waals surface area contributed by atoms with Crippen LogP contribution < -0.4 is 15.5 Å². The fourth-order valence-corrected chi connectivity index (χ4v) is 7.18. The minimum Gasteiger partial charge on any atom is -0.394 e. The number of carbonyl (C=O) groups is 3. The van der Waals surface area contributed by atoms with Crippen LogP contribution in [0.1, 0.15) is 48.4 Å². The van der Waals surface area contributed by atoms with Crippen LogP contribution in [0, 0.1) is 5.92 Å². The maximum Gasteiger partial charge on any atom is 0.264 e. The van der Waals surface area contributed by atoms with Crippen molar-refractivity contribution in [3.05, 3.63) is 106 Å². The number of nitrogens with zero attached hydrogens (tertiary/aromatic N) is 2. The first-order chi connectivity index (χ1) is 22.2. The van der Waals surface area contributed by atoms with Gasteiger partial charge in [0, 0.05) is 34.6 Å². The average molecular weight is 688 g/mol. The highest BCUT2D eigenvalue weighted by molar-refractivity contribution is 9.10. The van der Waals surface area contributed by atoms with E-state index in [-0.39, 0.29) is 43.5 Å². The first kappa shape index (κ1) is 32.1. The second-order valence-corrected chi connectivity index (χ2v) is 13.3. The highest BCUT2D eigenvalue weighted by atomic mass is 79.9. The summed E-state index contributed by atoms with van der Waals surface area (Å²) in [7, 11) is 0. The lowest BCUT2D eigenvalue weighted by Crippen LogP contribution is -2.46. The molecular formula is C36H39BrN4O5. The molecule has 3 heterocycles. The number of halogens is 1. The van der Waals surface area contributed by atoms with E-state index in [0.717, 1.165) is 40.5 Å². The van der Waals surface area contributed by atoms with Gasteiger partial charge in [0.2, 0.25) is 11.8 Å². The molecule has 1 fully saturated rings. The van der Waals surface area contributed by atoms with Gasteiger partial charge < -0.3 is 30.6 Å². The van der Waals surface area contributed by atoms with Crippen LogP contribution in [0.3, 0.4) is 0 Å². The first-order valence-electron chi connectivity index (χ1n) is 15.8. The topological polar surface area (TPSA) is 122 Å². The molecule has 10 heteroatoms. The Kier molecular flexibility index (Phi) is 9.42. The summed E-state index contributed by atoms with van der Waals surface area (Å²) in [6, 6.07) is 20.3. The fraction of sp³-hybridized carbons (Fsp3) is 0.361. The number of aliphatic hydroxyl groups is 2. The monoisotopic (exact) mass is 686 g/mol. The van der Waals surface area contributed by atoms with Crippen molar-refractivity contribution in [2.45, 2.75) is 63.4 Å². The number of hydrogen-bond acceptors (Lipinski definition) is 6. The summed E-state index contributed by atoms with van der Waals surface area (Å²) in [5.74, 6) is -1.30. The maximum absolute atomic E-state index is 14.1. The van der Waals surface area contributed by atoms with Crippen molar-refractivity contribution in [2.24, 2.45) is 5.92 Å². The zero-order valence-corrected chi connectivity index (χ0v) is 27.4. The van der Waals surface area contributed by atoms with E-state index < -0.39 is 17.4 Å². The summed E-state index contributed by atoms with van der Waals surface area (Å²) in [5, 5.41) is 28.3. The molecule has 46 heavy (non-hydrogen) atoms. The van der Waals surface area contributed by atoms with Gasteiger partial charge in [-0.1, -0.05) is 71.4 Å². The third kappa shape index (κ3) is 6.27. The molecule has 6 rings (SSSR count). The highest BCUT2D eigenvalue weighted by Gasteiger charge is 2.52. The number of nitrogens with one attached hydrogen (secondary N) is 2. The molecule has 3 aromatic rings. The maximum atomic E-state index is 14.1. The van der Waals surface area contributed by atoms with Gasteiger partial charge in [-0.25, -0.2) is 0 Å². The Morgan fingerprint density at radius 1 is 1.13 bits per heavy atom. The molecule has 1 saturated heterocycles. The molecule has 0 aromatic heterocycles. The van der Waals surface area contributed by atoms with Crippen molar-refractivity contribution in [1.29, 1.82) is 0 Å². The molecule has 0 radical (unpaired) electrons. The van der Waals surface area contributed by atoms with Gasteiger partial charge in [-0.05, 0) is 72.8 Å². The van der Waals surface area contributed by atoms with Gasteiger partial charge in [-0.3, -0.25) is 14.4 Å². The van der Waals surface area contributed by atoms with Crippen LogP contribution in [-0.4, -0.2) is 58.1 Å². The van der Waals surface area contributed by atoms with Crippen molar-refractivity contribution in [2.75, 3.05) is 23.4 Å². The number of fused-ring (bicyclic) bond motifs is 2. The number of aliphatic hydroxyl groups excluding tert-OH is 1. The van der Waals surface area contributed by atoms with Gasteiger partial charge in [0.15, 0.2) is 5.60 Å². The Hall–Kier alpha value is -3.83. The van der Waals surface area contributed by atoms with E-state index in [2.05, 4.69) is 26.6 Å². The third-order valence-corrected chi connectivity index (χ3v) is 9.90. The minimum absolute atomic E-state index is 0.0763. The lowest BCUT2D eigenvalue weighted by atomic mass is 9.83. The van der Waals surface area contributed by atoms with Crippen molar-refractivity contribution >= 4 is 45.0 Å². The number of anilines is 2. The van der Waals surface area contributed by atoms with Crippen LogP contribution >= 0.6 is 15.9 Å². The van der Waals surface area contributed by atoms with E-state index in [9.17, 15) is 24.6 Å². The van der Waals surface area contributed by atoms with Crippen LogP contribution in [0.15, 0.2) is 83.4 Å². The third-order valence-electron chi connectivity index (χ3n) is 9.41. The molecule has 3 amide bonds.